The first-order valence-corrected chi connectivity index (χ1v) is 12.7. The molecule has 2 aromatic carbocycles. The van der Waals surface area contributed by atoms with Gasteiger partial charge in [0.15, 0.2) is 5.13 Å². The number of benzene rings is 2. The van der Waals surface area contributed by atoms with Crippen LogP contribution in [-0.4, -0.2) is 53.6 Å². The van der Waals surface area contributed by atoms with Gasteiger partial charge in [-0.05, 0) is 41.7 Å². The average molecular weight is 483 g/mol. The molecule has 0 saturated heterocycles. The third-order valence-corrected chi connectivity index (χ3v) is 7.66. The summed E-state index contributed by atoms with van der Waals surface area (Å²) >= 11 is 1.47. The van der Waals surface area contributed by atoms with E-state index in [1.54, 1.807) is 12.5 Å². The van der Waals surface area contributed by atoms with Crippen molar-refractivity contribution < 1.29 is 4.79 Å². The van der Waals surface area contributed by atoms with Gasteiger partial charge in [-0.3, -0.25) is 4.79 Å². The SMILES string of the molecule is O=C(NCCCc1ccccc1)c1cnc(N2CC3=C(C2)CN(c2ncnc4ccccc24)C3)s1. The molecule has 8 heteroatoms. The van der Waals surface area contributed by atoms with Crippen LogP contribution < -0.4 is 15.1 Å². The van der Waals surface area contributed by atoms with Gasteiger partial charge in [-0.2, -0.15) is 0 Å². The van der Waals surface area contributed by atoms with Crippen molar-refractivity contribution in [1.82, 2.24) is 20.3 Å². The molecule has 0 atom stereocenters. The second-order valence-corrected chi connectivity index (χ2v) is 9.99. The third-order valence-electron chi connectivity index (χ3n) is 6.61. The lowest BCUT2D eigenvalue weighted by Crippen LogP contribution is -2.30. The molecule has 6 rings (SSSR count). The largest absolute Gasteiger partial charge is 0.351 e. The Balaban J connectivity index is 1.03. The summed E-state index contributed by atoms with van der Waals surface area (Å²) in [4.78, 5) is 31.4. The zero-order valence-corrected chi connectivity index (χ0v) is 20.2. The summed E-state index contributed by atoms with van der Waals surface area (Å²) in [5, 5.41) is 5.04. The number of rotatable bonds is 7. The van der Waals surface area contributed by atoms with Crippen LogP contribution in [0.5, 0.6) is 0 Å². The molecule has 35 heavy (non-hydrogen) atoms. The molecule has 1 N–H and O–H groups in total. The van der Waals surface area contributed by atoms with Gasteiger partial charge in [0.25, 0.3) is 5.91 Å². The van der Waals surface area contributed by atoms with Crippen LogP contribution in [0.15, 0.2) is 78.3 Å². The maximum atomic E-state index is 12.6. The van der Waals surface area contributed by atoms with Crippen LogP contribution in [-0.2, 0) is 6.42 Å². The Kier molecular flexibility index (Phi) is 5.88. The Morgan fingerprint density at radius 1 is 0.886 bits per heavy atom. The molecular weight excluding hydrogens is 456 g/mol. The molecule has 7 nitrogen and oxygen atoms in total. The third kappa shape index (κ3) is 4.49. The highest BCUT2D eigenvalue weighted by Gasteiger charge is 2.32. The summed E-state index contributed by atoms with van der Waals surface area (Å²) in [6.45, 7) is 4.09. The number of hydrogen-bond donors (Lipinski definition) is 1. The van der Waals surface area contributed by atoms with Gasteiger partial charge in [0.2, 0.25) is 0 Å². The zero-order chi connectivity index (χ0) is 23.6. The second kappa shape index (κ2) is 9.46. The lowest BCUT2D eigenvalue weighted by Gasteiger charge is -2.24. The molecule has 1 amide bonds. The van der Waals surface area contributed by atoms with Gasteiger partial charge in [-0.25, -0.2) is 15.0 Å². The van der Waals surface area contributed by atoms with Gasteiger partial charge in [0, 0.05) is 38.1 Å². The van der Waals surface area contributed by atoms with Crippen LogP contribution in [0.4, 0.5) is 10.9 Å². The predicted octanol–water partition coefficient (Wildman–Crippen LogP) is 4.09. The molecule has 0 aliphatic carbocycles. The summed E-state index contributed by atoms with van der Waals surface area (Å²) < 4.78 is 0. The maximum Gasteiger partial charge on any atom is 0.263 e. The quantitative estimate of drug-likeness (QED) is 0.316. The number of fused-ring (bicyclic) bond motifs is 1. The van der Waals surface area contributed by atoms with Crippen molar-refractivity contribution >= 4 is 39.1 Å². The summed E-state index contributed by atoms with van der Waals surface area (Å²) in [5.41, 5.74) is 5.12. The molecule has 4 heterocycles. The molecule has 2 aliphatic rings. The Labute approximate surface area is 208 Å². The number of thiazole rings is 1. The van der Waals surface area contributed by atoms with Crippen LogP contribution in [0.2, 0.25) is 0 Å². The molecule has 0 bridgehead atoms. The van der Waals surface area contributed by atoms with Crippen LogP contribution in [0.25, 0.3) is 10.9 Å². The van der Waals surface area contributed by atoms with Gasteiger partial charge >= 0.3 is 0 Å². The molecular formula is C27H26N6OS. The Hall–Kier alpha value is -3.78. The number of amides is 1. The van der Waals surface area contributed by atoms with Crippen molar-refractivity contribution in [2.75, 3.05) is 42.5 Å². The molecule has 0 saturated carbocycles. The van der Waals surface area contributed by atoms with E-state index in [-0.39, 0.29) is 5.91 Å². The van der Waals surface area contributed by atoms with E-state index in [9.17, 15) is 4.79 Å². The fourth-order valence-corrected chi connectivity index (χ4v) is 5.68. The van der Waals surface area contributed by atoms with E-state index < -0.39 is 0 Å². The predicted molar refractivity (Wildman–Crippen MR) is 140 cm³/mol. The first kappa shape index (κ1) is 21.7. The van der Waals surface area contributed by atoms with E-state index in [0.717, 1.165) is 60.9 Å². The van der Waals surface area contributed by atoms with E-state index in [2.05, 4.69) is 48.3 Å². The molecule has 0 radical (unpaired) electrons. The number of carbonyl (C=O) groups excluding carboxylic acids is 1. The van der Waals surface area contributed by atoms with Gasteiger partial charge in [0.1, 0.15) is 17.0 Å². The van der Waals surface area contributed by atoms with Crippen molar-refractivity contribution in [1.29, 1.82) is 0 Å². The van der Waals surface area contributed by atoms with E-state index in [1.807, 2.05) is 36.4 Å². The Morgan fingerprint density at radius 3 is 2.46 bits per heavy atom. The monoisotopic (exact) mass is 482 g/mol. The van der Waals surface area contributed by atoms with E-state index in [1.165, 1.54) is 28.0 Å². The minimum absolute atomic E-state index is 0.0386. The summed E-state index contributed by atoms with van der Waals surface area (Å²) in [5.74, 6) is 0.959. The minimum atomic E-state index is -0.0386. The number of hydrogen-bond acceptors (Lipinski definition) is 7. The zero-order valence-electron chi connectivity index (χ0n) is 19.4. The number of anilines is 2. The lowest BCUT2D eigenvalue weighted by molar-refractivity contribution is 0.0957. The molecule has 2 aromatic heterocycles. The van der Waals surface area contributed by atoms with Crippen molar-refractivity contribution in [3.63, 3.8) is 0 Å². The Bertz CT molecular complexity index is 1380. The van der Waals surface area contributed by atoms with Crippen LogP contribution >= 0.6 is 11.3 Å². The lowest BCUT2D eigenvalue weighted by atomic mass is 10.1. The fraction of sp³-hybridized carbons (Fsp3) is 0.259. The van der Waals surface area contributed by atoms with E-state index >= 15 is 0 Å². The first-order valence-electron chi connectivity index (χ1n) is 11.9. The standard InChI is InChI=1S/C27H26N6OS/c34-26(28-12-6-9-19-7-2-1-3-8-19)24-13-29-27(35-24)33-16-20-14-32(15-21(20)17-33)25-22-10-4-5-11-23(22)30-18-31-25/h1-5,7-8,10-11,13,18H,6,9,12,14-17H2,(H,28,34). The van der Waals surface area contributed by atoms with Crippen LogP contribution in [0, 0.1) is 0 Å². The number of para-hydroxylation sites is 1. The Morgan fingerprint density at radius 2 is 1.63 bits per heavy atom. The summed E-state index contributed by atoms with van der Waals surface area (Å²) in [6.07, 6.45) is 5.23. The topological polar surface area (TPSA) is 74.2 Å². The number of nitrogens with one attached hydrogen (secondary N) is 1. The van der Waals surface area contributed by atoms with Gasteiger partial charge in [-0.15, -0.1) is 0 Å². The van der Waals surface area contributed by atoms with Gasteiger partial charge in [0.05, 0.1) is 11.7 Å². The number of aromatic nitrogens is 3. The van der Waals surface area contributed by atoms with Crippen molar-refractivity contribution in [2.45, 2.75) is 12.8 Å². The van der Waals surface area contributed by atoms with Crippen LogP contribution in [0.1, 0.15) is 21.7 Å². The van der Waals surface area contributed by atoms with Crippen molar-refractivity contribution in [3.8, 4) is 0 Å². The number of carbonyl (C=O) groups is 1. The molecule has 2 aliphatic heterocycles. The van der Waals surface area contributed by atoms with Crippen molar-refractivity contribution in [3.05, 3.63) is 88.7 Å². The molecule has 0 fully saturated rings. The van der Waals surface area contributed by atoms with Crippen LogP contribution in [0.3, 0.4) is 0 Å². The highest BCUT2D eigenvalue weighted by Crippen LogP contribution is 2.34. The highest BCUT2D eigenvalue weighted by atomic mass is 32.1. The maximum absolute atomic E-state index is 12.6. The van der Waals surface area contributed by atoms with Gasteiger partial charge in [-0.1, -0.05) is 53.8 Å². The van der Waals surface area contributed by atoms with Crippen molar-refractivity contribution in [2.24, 2.45) is 0 Å². The minimum Gasteiger partial charge on any atom is -0.351 e. The molecule has 176 valence electrons. The average Bonchev–Trinajstić information content (AvgIpc) is 3.62. The highest BCUT2D eigenvalue weighted by molar-refractivity contribution is 7.17. The molecule has 0 spiro atoms. The first-order chi connectivity index (χ1) is 17.2. The number of nitrogens with zero attached hydrogens (tertiary/aromatic N) is 5. The number of aryl methyl sites for hydroxylation is 1. The smallest absolute Gasteiger partial charge is 0.263 e. The van der Waals surface area contributed by atoms with Gasteiger partial charge < -0.3 is 15.1 Å². The normalized spacial score (nSPS) is 15.2. The van der Waals surface area contributed by atoms with E-state index in [0.29, 0.717) is 11.4 Å². The molecule has 0 unspecified atom stereocenters. The van der Waals surface area contributed by atoms with E-state index in [4.69, 9.17) is 0 Å². The summed E-state index contributed by atoms with van der Waals surface area (Å²) in [7, 11) is 0. The fourth-order valence-electron chi connectivity index (χ4n) is 4.85. The second-order valence-electron chi connectivity index (χ2n) is 8.99. The summed E-state index contributed by atoms with van der Waals surface area (Å²) in [6, 6.07) is 18.5. The molecule has 4 aromatic rings.